The van der Waals surface area contributed by atoms with Gasteiger partial charge in [0.2, 0.25) is 0 Å². The summed E-state index contributed by atoms with van der Waals surface area (Å²) in [7, 11) is -4.61. The van der Waals surface area contributed by atoms with E-state index < -0.39 is 71.2 Å². The molecular weight excluding hydrogens is 825 g/mol. The van der Waals surface area contributed by atoms with E-state index in [2.05, 4.69) is 50.3 Å². The number of esters is 2. The normalized spacial score (nSPS) is 20.0. The van der Waals surface area contributed by atoms with Gasteiger partial charge >= 0.3 is 11.9 Å². The first-order chi connectivity index (χ1) is 30.5. The summed E-state index contributed by atoms with van der Waals surface area (Å²) in [6, 6.07) is 0. The molecule has 12 nitrogen and oxygen atoms in total. The number of aliphatic hydroxyl groups excluding tert-OH is 3. The molecule has 6 unspecified atom stereocenters. The quantitative estimate of drug-likeness (QED) is 0.0197. The molecule has 0 aliphatic carbocycles. The van der Waals surface area contributed by atoms with Crippen LogP contribution in [0.4, 0.5) is 0 Å². The zero-order valence-corrected chi connectivity index (χ0v) is 40.2. The molecule has 1 rings (SSSR count). The van der Waals surface area contributed by atoms with Crippen molar-refractivity contribution in [3.63, 3.8) is 0 Å². The minimum Gasteiger partial charge on any atom is -0.462 e. The average Bonchev–Trinajstić information content (AvgIpc) is 3.25. The van der Waals surface area contributed by atoms with Gasteiger partial charge in [-0.1, -0.05) is 166 Å². The highest BCUT2D eigenvalue weighted by atomic mass is 32.2. The summed E-state index contributed by atoms with van der Waals surface area (Å²) < 4.78 is 54.2. The van der Waals surface area contributed by atoms with Gasteiger partial charge in [0.15, 0.2) is 12.4 Å². The van der Waals surface area contributed by atoms with E-state index in [4.69, 9.17) is 18.9 Å². The van der Waals surface area contributed by atoms with E-state index in [1.54, 1.807) is 0 Å². The number of unbranched alkanes of at least 4 members (excludes halogenated alkanes) is 24. The summed E-state index contributed by atoms with van der Waals surface area (Å²) in [5.41, 5.74) is 0. The lowest BCUT2D eigenvalue weighted by Gasteiger charge is -2.40. The Morgan fingerprint density at radius 1 is 0.540 bits per heavy atom. The van der Waals surface area contributed by atoms with Crippen molar-refractivity contribution in [2.24, 2.45) is 0 Å². The molecule has 0 radical (unpaired) electrons. The number of rotatable bonds is 42. The highest BCUT2D eigenvalue weighted by molar-refractivity contribution is 7.85. The molecule has 4 N–H and O–H groups in total. The smallest absolute Gasteiger partial charge is 0.306 e. The molecule has 1 aliphatic heterocycles. The van der Waals surface area contributed by atoms with Crippen LogP contribution >= 0.6 is 0 Å². The average molecular weight is 915 g/mol. The molecule has 0 aromatic carbocycles. The van der Waals surface area contributed by atoms with Crippen LogP contribution in [-0.4, -0.2) is 96.0 Å². The Kier molecular flexibility index (Phi) is 37.5. The van der Waals surface area contributed by atoms with Crippen LogP contribution in [0, 0.1) is 0 Å². The van der Waals surface area contributed by atoms with E-state index in [0.717, 1.165) is 64.2 Å². The van der Waals surface area contributed by atoms with Gasteiger partial charge in [0, 0.05) is 12.8 Å². The van der Waals surface area contributed by atoms with Crippen molar-refractivity contribution in [1.29, 1.82) is 0 Å². The molecule has 0 aromatic heterocycles. The van der Waals surface area contributed by atoms with Crippen LogP contribution in [-0.2, 0) is 38.7 Å². The van der Waals surface area contributed by atoms with Crippen molar-refractivity contribution in [1.82, 2.24) is 0 Å². The van der Waals surface area contributed by atoms with Gasteiger partial charge in [-0.05, 0) is 70.6 Å². The van der Waals surface area contributed by atoms with E-state index in [1.165, 1.54) is 109 Å². The highest BCUT2D eigenvalue weighted by Gasteiger charge is 2.46. The van der Waals surface area contributed by atoms with Gasteiger partial charge in [-0.15, -0.1) is 0 Å². The van der Waals surface area contributed by atoms with E-state index in [1.807, 2.05) is 0 Å². The van der Waals surface area contributed by atoms with Crippen LogP contribution in [0.5, 0.6) is 0 Å². The Hall–Kier alpha value is -2.13. The fraction of sp³-hybridized carbons (Fsp3) is 0.840. The molecular formula is C50H90O12S. The third-order valence-corrected chi connectivity index (χ3v) is 12.2. The predicted octanol–water partition coefficient (Wildman–Crippen LogP) is 11.0. The van der Waals surface area contributed by atoms with Crippen LogP contribution in [0.3, 0.4) is 0 Å². The van der Waals surface area contributed by atoms with E-state index in [-0.39, 0.29) is 19.4 Å². The molecule has 368 valence electrons. The van der Waals surface area contributed by atoms with Gasteiger partial charge in [-0.2, -0.15) is 8.42 Å². The second-order valence-electron chi connectivity index (χ2n) is 17.5. The van der Waals surface area contributed by atoms with Gasteiger partial charge in [0.05, 0.1) is 6.61 Å². The standard InChI is InChI=1S/C50H90O12S/c1-3-5-7-9-11-13-15-17-19-21-23-24-26-28-30-32-34-36-38-45(51)59-40-43(41-60-50-49(55)48(54)47(53)44(62-50)42-63(56,57)58)61-46(52)39-37-35-33-31-29-27-25-22-20-18-16-14-12-10-8-6-4-2/h12,14,18-21,43-44,47-50,53-55H,3-11,13,15-17,22-42H2,1-2H3,(H,56,57,58)/b14-12-,20-18-,21-19-. The second-order valence-corrected chi connectivity index (χ2v) is 19.0. The predicted molar refractivity (Wildman–Crippen MR) is 252 cm³/mol. The molecule has 0 bridgehead atoms. The van der Waals surface area contributed by atoms with Crippen LogP contribution in [0.1, 0.15) is 213 Å². The van der Waals surface area contributed by atoms with Crippen LogP contribution in [0.15, 0.2) is 36.5 Å². The second kappa shape index (κ2) is 40.2. The van der Waals surface area contributed by atoms with Crippen molar-refractivity contribution in [3.8, 4) is 0 Å². The zero-order valence-electron chi connectivity index (χ0n) is 39.4. The van der Waals surface area contributed by atoms with Crippen molar-refractivity contribution in [2.45, 2.75) is 250 Å². The Labute approximate surface area is 382 Å². The zero-order chi connectivity index (χ0) is 46.2. The third-order valence-electron chi connectivity index (χ3n) is 11.4. The Morgan fingerprint density at radius 2 is 0.952 bits per heavy atom. The summed E-state index contributed by atoms with van der Waals surface area (Å²) in [6.07, 6.45) is 37.5. The summed E-state index contributed by atoms with van der Waals surface area (Å²) >= 11 is 0. The Balaban J connectivity index is 2.40. The largest absolute Gasteiger partial charge is 0.462 e. The number of hydrogen-bond acceptors (Lipinski definition) is 11. The molecule has 0 amide bonds. The van der Waals surface area contributed by atoms with Gasteiger partial charge in [0.1, 0.15) is 36.8 Å². The maximum atomic E-state index is 12.9. The molecule has 0 aromatic rings. The molecule has 6 atom stereocenters. The first kappa shape index (κ1) is 58.9. The number of ether oxygens (including phenoxy) is 4. The lowest BCUT2D eigenvalue weighted by atomic mass is 10.00. The number of aliphatic hydroxyl groups is 3. The lowest BCUT2D eigenvalue weighted by molar-refractivity contribution is -0.297. The Morgan fingerprint density at radius 3 is 1.44 bits per heavy atom. The minimum absolute atomic E-state index is 0.155. The van der Waals surface area contributed by atoms with Crippen molar-refractivity contribution in [3.05, 3.63) is 36.5 Å². The van der Waals surface area contributed by atoms with Gasteiger partial charge in [0.25, 0.3) is 10.1 Å². The molecule has 1 heterocycles. The number of carbonyl (C=O) groups excluding carboxylic acids is 2. The summed E-state index contributed by atoms with van der Waals surface area (Å²) in [4.78, 5) is 25.5. The maximum absolute atomic E-state index is 12.9. The van der Waals surface area contributed by atoms with Crippen LogP contribution in [0.2, 0.25) is 0 Å². The summed E-state index contributed by atoms with van der Waals surface area (Å²) in [5.74, 6) is -1.99. The summed E-state index contributed by atoms with van der Waals surface area (Å²) in [5, 5.41) is 30.9. The molecule has 63 heavy (non-hydrogen) atoms. The fourth-order valence-corrected chi connectivity index (χ4v) is 8.22. The molecule has 13 heteroatoms. The Bertz CT molecular complexity index is 1300. The van der Waals surface area contributed by atoms with Gasteiger partial charge in [-0.3, -0.25) is 14.1 Å². The van der Waals surface area contributed by atoms with Crippen LogP contribution in [0.25, 0.3) is 0 Å². The topological polar surface area (TPSA) is 186 Å². The minimum atomic E-state index is -4.61. The number of allylic oxidation sites excluding steroid dienone is 6. The maximum Gasteiger partial charge on any atom is 0.306 e. The number of carbonyl (C=O) groups is 2. The molecule has 1 saturated heterocycles. The molecule has 0 spiro atoms. The monoisotopic (exact) mass is 915 g/mol. The van der Waals surface area contributed by atoms with E-state index >= 15 is 0 Å². The third kappa shape index (κ3) is 34.8. The molecule has 1 aliphatic rings. The highest BCUT2D eigenvalue weighted by Crippen LogP contribution is 2.24. The summed E-state index contributed by atoms with van der Waals surface area (Å²) in [6.45, 7) is 3.74. The number of hydrogen-bond donors (Lipinski definition) is 4. The first-order valence-electron chi connectivity index (χ1n) is 25.0. The molecule has 0 saturated carbocycles. The SMILES string of the molecule is CCCCC/C=C\C/C=C\CCCCCCCCCC(=O)OC(COC(=O)CCCCCCCCC/C=C\CCCCCCCCC)COC1OC(CS(=O)(=O)O)C(O)C(O)C1O. The first-order valence-corrected chi connectivity index (χ1v) is 26.7. The van der Waals surface area contributed by atoms with Crippen molar-refractivity contribution in [2.75, 3.05) is 19.0 Å². The fourth-order valence-electron chi connectivity index (χ4n) is 7.53. The van der Waals surface area contributed by atoms with Gasteiger partial charge in [-0.25, -0.2) is 0 Å². The van der Waals surface area contributed by atoms with Gasteiger partial charge < -0.3 is 34.3 Å². The lowest BCUT2D eigenvalue weighted by Crippen LogP contribution is -2.60. The van der Waals surface area contributed by atoms with E-state index in [9.17, 15) is 37.9 Å². The van der Waals surface area contributed by atoms with Crippen molar-refractivity contribution >= 4 is 22.1 Å². The van der Waals surface area contributed by atoms with E-state index in [0.29, 0.717) is 12.8 Å². The van der Waals surface area contributed by atoms with Crippen LogP contribution < -0.4 is 0 Å². The van der Waals surface area contributed by atoms with Crippen molar-refractivity contribution < 1.29 is 56.8 Å². The molecule has 1 fully saturated rings.